The number of carbonyl (C=O) groups excluding carboxylic acids is 1. The van der Waals surface area contributed by atoms with Crippen LogP contribution in [-0.4, -0.2) is 26.1 Å². The van der Waals surface area contributed by atoms with E-state index in [9.17, 15) is 13.6 Å². The number of alkyl halides is 2. The molecule has 130 valence electrons. The molecule has 0 N–H and O–H groups in total. The highest BCUT2D eigenvalue weighted by atomic mass is 19.3. The maximum Gasteiger partial charge on any atom is 0.337 e. The summed E-state index contributed by atoms with van der Waals surface area (Å²) in [7, 11) is 1.35. The first kappa shape index (κ1) is 19.4. The monoisotopic (exact) mass is 328 g/mol. The van der Waals surface area contributed by atoms with Gasteiger partial charge in [-0.25, -0.2) is 13.6 Å². The second-order valence-corrected chi connectivity index (χ2v) is 5.52. The minimum atomic E-state index is -2.16. The van der Waals surface area contributed by atoms with E-state index in [4.69, 9.17) is 4.74 Å². The van der Waals surface area contributed by atoms with Gasteiger partial charge in [0, 0.05) is 6.42 Å². The number of rotatable bonds is 12. The molecule has 0 saturated carbocycles. The fourth-order valence-electron chi connectivity index (χ4n) is 2.28. The van der Waals surface area contributed by atoms with Crippen LogP contribution in [0.15, 0.2) is 24.3 Å². The lowest BCUT2D eigenvalue weighted by Gasteiger charge is -2.07. The fraction of sp³-hybridized carbons (Fsp3) is 0.611. The number of halogens is 2. The van der Waals surface area contributed by atoms with Crippen molar-refractivity contribution < 1.29 is 23.0 Å². The summed E-state index contributed by atoms with van der Waals surface area (Å²) in [6.07, 6.45) is 4.68. The van der Waals surface area contributed by atoms with Gasteiger partial charge in [0.1, 0.15) is 5.75 Å². The lowest BCUT2D eigenvalue weighted by atomic mass is 10.1. The van der Waals surface area contributed by atoms with Crippen molar-refractivity contribution in [3.05, 3.63) is 29.8 Å². The smallest absolute Gasteiger partial charge is 0.337 e. The van der Waals surface area contributed by atoms with Crippen molar-refractivity contribution in [1.29, 1.82) is 0 Å². The van der Waals surface area contributed by atoms with Gasteiger partial charge < -0.3 is 9.47 Å². The van der Waals surface area contributed by atoms with E-state index in [2.05, 4.69) is 4.74 Å². The minimum Gasteiger partial charge on any atom is -0.494 e. The predicted molar refractivity (Wildman–Crippen MR) is 86.2 cm³/mol. The molecule has 0 heterocycles. The van der Waals surface area contributed by atoms with Gasteiger partial charge in [-0.05, 0) is 37.1 Å². The van der Waals surface area contributed by atoms with Gasteiger partial charge in [0.15, 0.2) is 0 Å². The maximum atomic E-state index is 11.9. The molecule has 0 aliphatic heterocycles. The second kappa shape index (κ2) is 11.9. The number of esters is 1. The summed E-state index contributed by atoms with van der Waals surface area (Å²) in [6.45, 7) is 0.642. The molecule has 0 radical (unpaired) electrons. The molecule has 0 bridgehead atoms. The van der Waals surface area contributed by atoms with E-state index in [1.807, 2.05) is 0 Å². The zero-order chi connectivity index (χ0) is 16.9. The van der Waals surface area contributed by atoms with Gasteiger partial charge in [0.25, 0.3) is 0 Å². The van der Waals surface area contributed by atoms with Gasteiger partial charge in [-0.2, -0.15) is 0 Å². The van der Waals surface area contributed by atoms with Crippen LogP contribution in [0.1, 0.15) is 61.7 Å². The number of ether oxygens (including phenoxy) is 2. The van der Waals surface area contributed by atoms with Crippen LogP contribution in [0.2, 0.25) is 0 Å². The van der Waals surface area contributed by atoms with Gasteiger partial charge in [0.2, 0.25) is 6.43 Å². The normalized spacial score (nSPS) is 10.8. The number of hydrogen-bond donors (Lipinski definition) is 0. The Hall–Kier alpha value is -1.65. The molecule has 3 nitrogen and oxygen atoms in total. The molecule has 1 aromatic rings. The van der Waals surface area contributed by atoms with Gasteiger partial charge in [0.05, 0.1) is 19.3 Å². The van der Waals surface area contributed by atoms with Crippen molar-refractivity contribution in [1.82, 2.24) is 0 Å². The number of carbonyl (C=O) groups is 1. The molecule has 0 fully saturated rings. The zero-order valence-electron chi connectivity index (χ0n) is 13.7. The highest BCUT2D eigenvalue weighted by Gasteiger charge is 2.04. The van der Waals surface area contributed by atoms with Gasteiger partial charge >= 0.3 is 5.97 Å². The first-order chi connectivity index (χ1) is 11.1. The highest BCUT2D eigenvalue weighted by Crippen LogP contribution is 2.14. The Morgan fingerprint density at radius 3 is 2.09 bits per heavy atom. The summed E-state index contributed by atoms with van der Waals surface area (Å²) < 4.78 is 34.1. The van der Waals surface area contributed by atoms with Crippen molar-refractivity contribution in [2.75, 3.05) is 13.7 Å². The van der Waals surface area contributed by atoms with E-state index >= 15 is 0 Å². The molecule has 1 rings (SSSR count). The van der Waals surface area contributed by atoms with Gasteiger partial charge in [-0.1, -0.05) is 32.1 Å². The van der Waals surface area contributed by atoms with Gasteiger partial charge in [-0.15, -0.1) is 0 Å². The van der Waals surface area contributed by atoms with Crippen LogP contribution in [0.5, 0.6) is 5.75 Å². The van der Waals surface area contributed by atoms with Crippen LogP contribution in [-0.2, 0) is 4.74 Å². The molecule has 0 aliphatic carbocycles. The van der Waals surface area contributed by atoms with E-state index in [1.165, 1.54) is 7.11 Å². The summed E-state index contributed by atoms with van der Waals surface area (Å²) >= 11 is 0. The Kier molecular flexibility index (Phi) is 10.00. The molecule has 0 aromatic heterocycles. The third kappa shape index (κ3) is 9.16. The number of hydrogen-bond acceptors (Lipinski definition) is 3. The molecule has 1 aromatic carbocycles. The van der Waals surface area contributed by atoms with Crippen LogP contribution in [0, 0.1) is 0 Å². The Bertz CT molecular complexity index is 432. The summed E-state index contributed by atoms with van der Waals surface area (Å²) in [5, 5.41) is 0. The minimum absolute atomic E-state index is 0.0304. The van der Waals surface area contributed by atoms with E-state index in [1.54, 1.807) is 24.3 Å². The molecule has 0 atom stereocenters. The summed E-state index contributed by atoms with van der Waals surface area (Å²) in [4.78, 5) is 11.3. The van der Waals surface area contributed by atoms with Gasteiger partial charge in [-0.3, -0.25) is 0 Å². The summed E-state index contributed by atoms with van der Waals surface area (Å²) in [5.74, 6) is 0.384. The van der Waals surface area contributed by atoms with E-state index in [0.717, 1.165) is 44.3 Å². The topological polar surface area (TPSA) is 35.5 Å². The molecular weight excluding hydrogens is 302 g/mol. The lowest BCUT2D eigenvalue weighted by Crippen LogP contribution is -2.01. The van der Waals surface area contributed by atoms with Crippen LogP contribution >= 0.6 is 0 Å². The molecule has 0 amide bonds. The Balaban J connectivity index is 1.99. The lowest BCUT2D eigenvalue weighted by molar-refractivity contribution is 0.0600. The number of unbranched alkanes of at least 4 members (excludes halogenated alkanes) is 6. The molecule has 0 spiro atoms. The standard InChI is InChI=1S/C18H26F2O3/c1-22-18(21)15-10-12-16(13-11-15)23-14-8-6-4-2-3-5-7-9-17(19)20/h10-13,17H,2-9,14H2,1H3. The first-order valence-electron chi connectivity index (χ1n) is 8.23. The Labute approximate surface area is 137 Å². The van der Waals surface area contributed by atoms with Crippen LogP contribution < -0.4 is 4.74 Å². The van der Waals surface area contributed by atoms with Crippen LogP contribution in [0.25, 0.3) is 0 Å². The molecule has 0 aliphatic rings. The molecule has 0 unspecified atom stereocenters. The molecule has 0 saturated heterocycles. The van der Waals surface area contributed by atoms with Crippen molar-refractivity contribution in [2.24, 2.45) is 0 Å². The van der Waals surface area contributed by atoms with E-state index in [0.29, 0.717) is 18.6 Å². The SMILES string of the molecule is COC(=O)c1ccc(OCCCCCCCCCC(F)F)cc1. The van der Waals surface area contributed by atoms with Crippen LogP contribution in [0.3, 0.4) is 0 Å². The predicted octanol–water partition coefficient (Wildman–Crippen LogP) is 5.24. The maximum absolute atomic E-state index is 11.9. The van der Waals surface area contributed by atoms with Crippen LogP contribution in [0.4, 0.5) is 8.78 Å². The third-order valence-corrected chi connectivity index (χ3v) is 3.61. The van der Waals surface area contributed by atoms with Crippen molar-refractivity contribution in [3.63, 3.8) is 0 Å². The van der Waals surface area contributed by atoms with E-state index < -0.39 is 6.43 Å². The third-order valence-electron chi connectivity index (χ3n) is 3.61. The number of benzene rings is 1. The average Bonchev–Trinajstić information content (AvgIpc) is 2.56. The highest BCUT2D eigenvalue weighted by molar-refractivity contribution is 5.89. The molecule has 5 heteroatoms. The first-order valence-corrected chi connectivity index (χ1v) is 8.23. The van der Waals surface area contributed by atoms with Crippen molar-refractivity contribution in [2.45, 2.75) is 57.8 Å². The molecule has 23 heavy (non-hydrogen) atoms. The number of methoxy groups -OCH3 is 1. The quantitative estimate of drug-likeness (QED) is 0.389. The Morgan fingerprint density at radius 1 is 0.957 bits per heavy atom. The van der Waals surface area contributed by atoms with E-state index in [-0.39, 0.29) is 12.4 Å². The van der Waals surface area contributed by atoms with Crippen molar-refractivity contribution in [3.8, 4) is 5.75 Å². The summed E-state index contributed by atoms with van der Waals surface area (Å²) in [6, 6.07) is 6.88. The largest absolute Gasteiger partial charge is 0.494 e. The molecular formula is C18H26F2O3. The van der Waals surface area contributed by atoms with Crippen molar-refractivity contribution >= 4 is 5.97 Å². The Morgan fingerprint density at radius 2 is 1.52 bits per heavy atom. The summed E-state index contributed by atoms with van der Waals surface area (Å²) in [5.41, 5.74) is 0.506. The zero-order valence-corrected chi connectivity index (χ0v) is 13.7. The fourth-order valence-corrected chi connectivity index (χ4v) is 2.28. The second-order valence-electron chi connectivity index (χ2n) is 5.52. The average molecular weight is 328 g/mol.